The molecule has 304 valence electrons. The Morgan fingerprint density at radius 1 is 0.532 bits per heavy atom. The van der Waals surface area contributed by atoms with Crippen molar-refractivity contribution >= 4 is 55.5 Å². The van der Waals surface area contributed by atoms with Gasteiger partial charge in [-0.15, -0.1) is 48.8 Å². The van der Waals surface area contributed by atoms with Gasteiger partial charge in [0, 0.05) is 83.1 Å². The van der Waals surface area contributed by atoms with Crippen LogP contribution >= 0.6 is 0 Å². The van der Waals surface area contributed by atoms with E-state index in [-0.39, 0.29) is 26.5 Å². The minimum absolute atomic E-state index is 0. The van der Waals surface area contributed by atoms with Crippen molar-refractivity contribution in [3.05, 3.63) is 213 Å². The molecule has 8 aromatic carbocycles. The van der Waals surface area contributed by atoms with E-state index in [1.54, 1.807) is 0 Å². The zero-order valence-corrected chi connectivity index (χ0v) is 36.8. The van der Waals surface area contributed by atoms with Crippen molar-refractivity contribution in [1.82, 2.24) is 9.55 Å². The third-order valence-corrected chi connectivity index (χ3v) is 11.7. The number of pyridine rings is 1. The van der Waals surface area contributed by atoms with E-state index in [1.165, 1.54) is 16.3 Å². The summed E-state index contributed by atoms with van der Waals surface area (Å²) in [5.41, 5.74) is 12.8. The van der Waals surface area contributed by atoms with Crippen molar-refractivity contribution in [3.8, 4) is 39.4 Å². The minimum atomic E-state index is 0. The Morgan fingerprint density at radius 2 is 1.16 bits per heavy atom. The van der Waals surface area contributed by atoms with Crippen LogP contribution in [0.25, 0.3) is 60.6 Å². The maximum Gasteiger partial charge on any atom is 0.143 e. The number of para-hydroxylation sites is 1. The molecule has 0 amide bonds. The molecule has 3 heterocycles. The number of benzene rings is 8. The molecule has 0 N–H and O–H groups in total. The zero-order valence-electron chi connectivity index (χ0n) is 34.5. The van der Waals surface area contributed by atoms with Gasteiger partial charge in [-0.2, -0.15) is 12.1 Å². The van der Waals surface area contributed by atoms with Crippen LogP contribution < -0.4 is 14.5 Å². The van der Waals surface area contributed by atoms with E-state index >= 15 is 0 Å². The van der Waals surface area contributed by atoms with Gasteiger partial charge in [0.25, 0.3) is 0 Å². The van der Waals surface area contributed by atoms with E-state index in [1.807, 2.05) is 36.5 Å². The molecule has 2 aromatic heterocycles. The van der Waals surface area contributed by atoms with Gasteiger partial charge in [-0.3, -0.25) is 0 Å². The number of anilines is 4. The van der Waals surface area contributed by atoms with Crippen LogP contribution in [-0.4, -0.2) is 9.55 Å². The number of rotatable bonds is 7. The van der Waals surface area contributed by atoms with Gasteiger partial charge in [0.05, 0.1) is 5.52 Å². The monoisotopic (exact) mass is 980 g/mol. The summed E-state index contributed by atoms with van der Waals surface area (Å²) in [6.45, 7) is 8.95. The summed E-state index contributed by atoms with van der Waals surface area (Å²) in [6, 6.07) is 71.1. The van der Waals surface area contributed by atoms with Crippen LogP contribution in [0.15, 0.2) is 188 Å². The van der Waals surface area contributed by atoms with E-state index in [9.17, 15) is 0 Å². The van der Waals surface area contributed by atoms with Crippen molar-refractivity contribution in [2.75, 3.05) is 9.80 Å². The van der Waals surface area contributed by atoms with E-state index in [2.05, 4.69) is 206 Å². The van der Waals surface area contributed by atoms with E-state index in [0.717, 1.165) is 72.6 Å². The van der Waals surface area contributed by atoms with E-state index < -0.39 is 0 Å². The smallest absolute Gasteiger partial charge is 0.143 e. The number of aromatic nitrogens is 2. The molecule has 0 bridgehead atoms. The topological polar surface area (TPSA) is 33.5 Å². The van der Waals surface area contributed by atoms with E-state index in [4.69, 9.17) is 9.72 Å². The summed E-state index contributed by atoms with van der Waals surface area (Å²) in [4.78, 5) is 9.44. The van der Waals surface area contributed by atoms with Gasteiger partial charge in [0.1, 0.15) is 5.65 Å². The third kappa shape index (κ3) is 6.83. The second kappa shape index (κ2) is 15.8. The van der Waals surface area contributed by atoms with Gasteiger partial charge >= 0.3 is 0 Å². The summed E-state index contributed by atoms with van der Waals surface area (Å²) in [5.74, 6) is 1.18. The van der Waals surface area contributed by atoms with Crippen molar-refractivity contribution in [1.29, 1.82) is 0 Å². The number of hydrogen-bond donors (Lipinski definition) is 0. The average Bonchev–Trinajstić information content (AvgIpc) is 3.86. The van der Waals surface area contributed by atoms with Gasteiger partial charge in [-0.05, 0) is 57.8 Å². The van der Waals surface area contributed by atoms with Gasteiger partial charge in [0.15, 0.2) is 0 Å². The number of nitrogens with zero attached hydrogens (tertiary/aromatic N) is 4. The van der Waals surface area contributed by atoms with Crippen molar-refractivity contribution in [2.45, 2.75) is 26.2 Å². The molecule has 10 aromatic rings. The van der Waals surface area contributed by atoms with Crippen LogP contribution in [0, 0.1) is 18.8 Å². The van der Waals surface area contributed by atoms with Crippen LogP contribution in [-0.2, 0) is 26.5 Å². The first-order chi connectivity index (χ1) is 29.9. The average molecular weight is 981 g/mol. The van der Waals surface area contributed by atoms with Crippen molar-refractivity contribution < 1.29 is 25.8 Å². The summed E-state index contributed by atoms with van der Waals surface area (Å²) in [7, 11) is 0. The Hall–Kier alpha value is -6.94. The molecular formula is C56H41N4OPt-3. The molecule has 0 spiro atoms. The Labute approximate surface area is 376 Å². The third-order valence-electron chi connectivity index (χ3n) is 11.7. The van der Waals surface area contributed by atoms with Gasteiger partial charge < -0.3 is 19.1 Å². The Morgan fingerprint density at radius 3 is 1.87 bits per heavy atom. The summed E-state index contributed by atoms with van der Waals surface area (Å²) in [5, 5.41) is 4.61. The minimum Gasteiger partial charge on any atom is -0.509 e. The maximum absolute atomic E-state index is 6.63. The Balaban J connectivity index is 0.00000458. The largest absolute Gasteiger partial charge is 0.509 e. The first-order valence-corrected chi connectivity index (χ1v) is 20.7. The first-order valence-electron chi connectivity index (χ1n) is 20.7. The maximum atomic E-state index is 6.63. The summed E-state index contributed by atoms with van der Waals surface area (Å²) < 4.78 is 8.81. The SMILES string of the molecule is CC(C)(C)c1ccc2c(c1)c1cccnc1n2-c1[c-]c(Oc2[c-]c(N3[CH-]N(c4c(-c5ccccc5)cccc4-c4ccccc4)c4c3ccc3ccccc43)ccc2)ccc1.[Pt]. The second-order valence-corrected chi connectivity index (χ2v) is 16.5. The fourth-order valence-corrected chi connectivity index (χ4v) is 8.73. The Kier molecular flexibility index (Phi) is 10.0. The van der Waals surface area contributed by atoms with Crippen LogP contribution in [0.1, 0.15) is 26.3 Å². The molecule has 0 fully saturated rings. The predicted molar refractivity (Wildman–Crippen MR) is 251 cm³/mol. The molecule has 0 saturated carbocycles. The molecule has 0 aliphatic carbocycles. The van der Waals surface area contributed by atoms with Crippen LogP contribution in [0.3, 0.4) is 0 Å². The number of ether oxygens (including phenoxy) is 1. The fraction of sp³-hybridized carbons (Fsp3) is 0.0714. The van der Waals surface area contributed by atoms with Gasteiger partial charge in [0.2, 0.25) is 0 Å². The molecule has 62 heavy (non-hydrogen) atoms. The number of fused-ring (bicyclic) bond motifs is 6. The molecular weight excluding hydrogens is 940 g/mol. The molecule has 6 heteroatoms. The van der Waals surface area contributed by atoms with Crippen LogP contribution in [0.4, 0.5) is 22.7 Å². The molecule has 0 radical (unpaired) electrons. The first kappa shape index (κ1) is 39.2. The molecule has 5 nitrogen and oxygen atoms in total. The van der Waals surface area contributed by atoms with Crippen LogP contribution in [0.2, 0.25) is 0 Å². The molecule has 0 unspecified atom stereocenters. The quantitative estimate of drug-likeness (QED) is 0.149. The zero-order chi connectivity index (χ0) is 41.1. The van der Waals surface area contributed by atoms with E-state index in [0.29, 0.717) is 11.5 Å². The van der Waals surface area contributed by atoms with Crippen molar-refractivity contribution in [2.24, 2.45) is 0 Å². The fourth-order valence-electron chi connectivity index (χ4n) is 8.73. The molecule has 0 atom stereocenters. The molecule has 11 rings (SSSR count). The summed E-state index contributed by atoms with van der Waals surface area (Å²) >= 11 is 0. The summed E-state index contributed by atoms with van der Waals surface area (Å²) in [6.07, 6.45) is 1.85. The van der Waals surface area contributed by atoms with Gasteiger partial charge in [-0.1, -0.05) is 142 Å². The van der Waals surface area contributed by atoms with Crippen LogP contribution in [0.5, 0.6) is 11.5 Å². The number of hydrogen-bond acceptors (Lipinski definition) is 4. The van der Waals surface area contributed by atoms with Gasteiger partial charge in [-0.25, -0.2) is 4.98 Å². The predicted octanol–water partition coefficient (Wildman–Crippen LogP) is 14.8. The molecule has 0 saturated heterocycles. The Bertz CT molecular complexity index is 3200. The van der Waals surface area contributed by atoms with Crippen molar-refractivity contribution in [3.63, 3.8) is 0 Å². The normalized spacial score (nSPS) is 12.5. The standard InChI is InChI=1S/C56H41N4O.Pt/c1-56(2,3)41-30-32-51-50(34-41)49-28-15-33-57-55(49)60(51)43-22-13-24-45(36-43)61-44-23-12-21-42(35-44)58-37-59(54-48-25-11-10-20-40(48)29-31-52(54)58)53-46(38-16-6-4-7-17-38)26-14-27-47(53)39-18-8-5-9-19-39;/h4-34,37H,1-3H3;/q-3;. The molecule has 1 aliphatic rings. The molecule has 1 aliphatic heterocycles. The second-order valence-electron chi connectivity index (χ2n) is 16.5.